The smallest absolute Gasteiger partial charge is 0.262 e. The highest BCUT2D eigenvalue weighted by molar-refractivity contribution is 6.01. The molecule has 0 fully saturated rings. The lowest BCUT2D eigenvalue weighted by Crippen LogP contribution is -2.27. The molecule has 2 aliphatic rings. The first-order valence-electron chi connectivity index (χ1n) is 11.5. The first-order valence-corrected chi connectivity index (χ1v) is 11.5. The molecule has 1 aliphatic carbocycles. The number of nitro benzene ring substituents is 1. The van der Waals surface area contributed by atoms with Crippen LogP contribution in [0, 0.1) is 10.1 Å². The number of benzene rings is 3. The molecule has 3 aromatic rings. The molecule has 5 rings (SSSR count). The first kappa shape index (κ1) is 23.2. The van der Waals surface area contributed by atoms with Crippen LogP contribution in [0.2, 0.25) is 0 Å². The van der Waals surface area contributed by atoms with E-state index >= 15 is 0 Å². The van der Waals surface area contributed by atoms with Crippen LogP contribution in [0.1, 0.15) is 35.9 Å². The second kappa shape index (κ2) is 9.26. The van der Waals surface area contributed by atoms with Crippen LogP contribution in [-0.4, -0.2) is 24.9 Å². The number of para-hydroxylation sites is 2. The Hall–Kier alpha value is -4.53. The fourth-order valence-electron chi connectivity index (χ4n) is 4.94. The van der Waals surface area contributed by atoms with Crippen molar-refractivity contribution < 1.29 is 24.3 Å². The zero-order valence-corrected chi connectivity index (χ0v) is 19.7. The molecule has 0 radical (unpaired) electrons. The maximum Gasteiger partial charge on any atom is 0.262 e. The Kier molecular flexibility index (Phi) is 5.97. The Morgan fingerprint density at radius 3 is 2.36 bits per heavy atom. The van der Waals surface area contributed by atoms with E-state index in [0.717, 1.165) is 22.6 Å². The molecule has 1 aliphatic heterocycles. The Labute approximate surface area is 207 Å². The summed E-state index contributed by atoms with van der Waals surface area (Å²) in [4.78, 5) is 24.4. The maximum absolute atomic E-state index is 13.7. The summed E-state index contributed by atoms with van der Waals surface area (Å²) in [6.07, 6.45) is 0.803. The van der Waals surface area contributed by atoms with E-state index < -0.39 is 22.4 Å². The SMILES string of the molecule is COc1ccc([C@@H]2CC(=O)C3=C(C2)Nc2ccccc2N[C@H]3c2ccc([O-])c([N+](=O)[O-])c2)cc1OC. The summed E-state index contributed by atoms with van der Waals surface area (Å²) in [6, 6.07) is 16.5. The topological polar surface area (TPSA) is 126 Å². The molecule has 1 heterocycles. The van der Waals surface area contributed by atoms with E-state index in [0.29, 0.717) is 29.1 Å². The van der Waals surface area contributed by atoms with E-state index in [1.165, 1.54) is 12.1 Å². The van der Waals surface area contributed by atoms with Gasteiger partial charge in [-0.2, -0.15) is 0 Å². The van der Waals surface area contributed by atoms with Crippen molar-refractivity contribution in [1.82, 2.24) is 0 Å². The standard InChI is InChI=1S/C27H25N3O6/c1-35-24-10-8-15(14-25(24)36-2)17-11-20-26(23(32)13-17)27(29-19-6-4-3-5-18(19)28-20)16-7-9-22(31)21(12-16)30(33)34/h3-10,12,14,17,27-29,31H,11,13H2,1-2H3/p-1/t17-,27-/m0/s1. The normalized spacial score (nSPS) is 18.8. The van der Waals surface area contributed by atoms with E-state index in [-0.39, 0.29) is 18.1 Å². The summed E-state index contributed by atoms with van der Waals surface area (Å²) < 4.78 is 10.8. The number of carbonyl (C=O) groups is 1. The quantitative estimate of drug-likeness (QED) is 0.394. The Morgan fingerprint density at radius 1 is 0.917 bits per heavy atom. The van der Waals surface area contributed by atoms with E-state index in [9.17, 15) is 20.0 Å². The van der Waals surface area contributed by atoms with Crippen LogP contribution in [0.25, 0.3) is 0 Å². The Morgan fingerprint density at radius 2 is 1.64 bits per heavy atom. The van der Waals surface area contributed by atoms with Crippen molar-refractivity contribution in [2.45, 2.75) is 24.8 Å². The fourth-order valence-corrected chi connectivity index (χ4v) is 4.94. The third-order valence-electron chi connectivity index (χ3n) is 6.70. The zero-order valence-electron chi connectivity index (χ0n) is 19.7. The van der Waals surface area contributed by atoms with E-state index in [1.807, 2.05) is 42.5 Å². The van der Waals surface area contributed by atoms with Crippen molar-refractivity contribution in [3.05, 3.63) is 93.2 Å². The number of rotatable bonds is 5. The molecular weight excluding hydrogens is 462 g/mol. The molecular formula is C27H24N3O6-. The monoisotopic (exact) mass is 486 g/mol. The van der Waals surface area contributed by atoms with Gasteiger partial charge in [-0.1, -0.05) is 30.3 Å². The van der Waals surface area contributed by atoms with Crippen LogP contribution < -0.4 is 25.2 Å². The molecule has 9 nitrogen and oxygen atoms in total. The number of anilines is 2. The summed E-state index contributed by atoms with van der Waals surface area (Å²) in [5, 5.41) is 30.3. The van der Waals surface area contributed by atoms with Crippen LogP contribution in [0.15, 0.2) is 71.9 Å². The van der Waals surface area contributed by atoms with Crippen LogP contribution in [0.3, 0.4) is 0 Å². The van der Waals surface area contributed by atoms with Gasteiger partial charge in [0.15, 0.2) is 17.3 Å². The van der Waals surface area contributed by atoms with E-state index in [1.54, 1.807) is 20.3 Å². The van der Waals surface area contributed by atoms with Crippen LogP contribution in [0.4, 0.5) is 17.1 Å². The van der Waals surface area contributed by atoms with Gasteiger partial charge in [-0.3, -0.25) is 14.9 Å². The highest BCUT2D eigenvalue weighted by Gasteiger charge is 2.36. The average molecular weight is 487 g/mol. The summed E-state index contributed by atoms with van der Waals surface area (Å²) in [6.45, 7) is 0. The van der Waals surface area contributed by atoms with Crippen molar-refractivity contribution in [3.63, 3.8) is 0 Å². The van der Waals surface area contributed by atoms with Crippen LogP contribution >= 0.6 is 0 Å². The summed E-state index contributed by atoms with van der Waals surface area (Å²) in [7, 11) is 3.14. The Bertz CT molecular complexity index is 1400. The minimum absolute atomic E-state index is 0.0808. The lowest BCUT2D eigenvalue weighted by Gasteiger charge is -2.30. The van der Waals surface area contributed by atoms with Crippen molar-refractivity contribution in [2.75, 3.05) is 24.9 Å². The number of methoxy groups -OCH3 is 2. The average Bonchev–Trinajstić information content (AvgIpc) is 3.05. The number of hydrogen-bond donors (Lipinski definition) is 2. The second-order valence-electron chi connectivity index (χ2n) is 8.77. The first-order chi connectivity index (χ1) is 17.4. The third kappa shape index (κ3) is 4.08. The Balaban J connectivity index is 1.60. The van der Waals surface area contributed by atoms with Crippen molar-refractivity contribution in [3.8, 4) is 17.2 Å². The van der Waals surface area contributed by atoms with Gasteiger partial charge in [-0.25, -0.2) is 0 Å². The number of nitro groups is 1. The highest BCUT2D eigenvalue weighted by Crippen LogP contribution is 2.45. The molecule has 0 saturated heterocycles. The lowest BCUT2D eigenvalue weighted by atomic mass is 9.78. The summed E-state index contributed by atoms with van der Waals surface area (Å²) >= 11 is 0. The van der Waals surface area contributed by atoms with Crippen molar-refractivity contribution in [1.29, 1.82) is 0 Å². The fraction of sp³-hybridized carbons (Fsp3) is 0.222. The molecule has 36 heavy (non-hydrogen) atoms. The number of fused-ring (bicyclic) bond motifs is 1. The molecule has 0 bridgehead atoms. The number of carbonyl (C=O) groups excluding carboxylic acids is 1. The van der Waals surface area contributed by atoms with Crippen LogP contribution in [-0.2, 0) is 4.79 Å². The lowest BCUT2D eigenvalue weighted by molar-refractivity contribution is -0.398. The molecule has 9 heteroatoms. The number of hydrogen-bond acceptors (Lipinski definition) is 8. The van der Waals surface area contributed by atoms with Gasteiger partial charge < -0.3 is 25.2 Å². The molecule has 0 spiro atoms. The van der Waals surface area contributed by atoms with Gasteiger partial charge in [0.1, 0.15) is 0 Å². The van der Waals surface area contributed by atoms with Gasteiger partial charge in [0.2, 0.25) is 0 Å². The van der Waals surface area contributed by atoms with Crippen molar-refractivity contribution >= 4 is 22.8 Å². The second-order valence-corrected chi connectivity index (χ2v) is 8.77. The molecule has 2 N–H and O–H groups in total. The predicted octanol–water partition coefficient (Wildman–Crippen LogP) is 4.67. The number of nitrogens with zero attached hydrogens (tertiary/aromatic N) is 1. The number of ether oxygens (including phenoxy) is 2. The van der Waals surface area contributed by atoms with Gasteiger partial charge in [0, 0.05) is 23.8 Å². The minimum Gasteiger partial charge on any atom is -0.868 e. The molecule has 2 atom stereocenters. The number of allylic oxidation sites excluding steroid dienone is 1. The van der Waals surface area contributed by atoms with Gasteiger partial charge in [-0.15, -0.1) is 0 Å². The maximum atomic E-state index is 13.7. The zero-order chi connectivity index (χ0) is 25.4. The van der Waals surface area contributed by atoms with Crippen molar-refractivity contribution in [2.24, 2.45) is 0 Å². The number of Topliss-reactive ketones (excluding diaryl/α,β-unsaturated/α-hetero) is 1. The van der Waals surface area contributed by atoms with Gasteiger partial charge >= 0.3 is 0 Å². The predicted molar refractivity (Wildman–Crippen MR) is 133 cm³/mol. The molecule has 0 saturated carbocycles. The van der Waals surface area contributed by atoms with Gasteiger partial charge in [0.25, 0.3) is 5.69 Å². The van der Waals surface area contributed by atoms with E-state index in [2.05, 4.69) is 10.6 Å². The molecule has 0 unspecified atom stereocenters. The summed E-state index contributed by atoms with van der Waals surface area (Å²) in [5.41, 5.74) is 3.70. The van der Waals surface area contributed by atoms with Gasteiger partial charge in [0.05, 0.1) is 36.6 Å². The molecule has 3 aromatic carbocycles. The molecule has 184 valence electrons. The summed E-state index contributed by atoms with van der Waals surface area (Å²) in [5.74, 6) is 0.340. The largest absolute Gasteiger partial charge is 0.868 e. The molecule has 0 aromatic heterocycles. The van der Waals surface area contributed by atoms with Crippen LogP contribution in [0.5, 0.6) is 17.2 Å². The van der Waals surface area contributed by atoms with Gasteiger partial charge in [-0.05, 0) is 53.5 Å². The number of nitrogens with one attached hydrogen (secondary N) is 2. The molecule has 0 amide bonds. The van der Waals surface area contributed by atoms with E-state index in [4.69, 9.17) is 9.47 Å². The third-order valence-corrected chi connectivity index (χ3v) is 6.70. The highest BCUT2D eigenvalue weighted by atomic mass is 16.6. The minimum atomic E-state index is -0.695. The number of ketones is 1.